The Labute approximate surface area is 116 Å². The molecule has 0 aliphatic heterocycles. The van der Waals surface area contributed by atoms with E-state index in [1.807, 2.05) is 24.3 Å². The van der Waals surface area contributed by atoms with Crippen molar-refractivity contribution in [2.75, 3.05) is 13.7 Å². The molecule has 106 valence electrons. The highest BCUT2D eigenvalue weighted by molar-refractivity contribution is 5.28. The predicted molar refractivity (Wildman–Crippen MR) is 77.3 cm³/mol. The summed E-state index contributed by atoms with van der Waals surface area (Å²) >= 11 is 0. The van der Waals surface area contributed by atoms with Gasteiger partial charge in [0.25, 0.3) is 0 Å². The Morgan fingerprint density at radius 3 is 2.47 bits per heavy atom. The van der Waals surface area contributed by atoms with Gasteiger partial charge in [-0.05, 0) is 36.5 Å². The van der Waals surface area contributed by atoms with Crippen molar-refractivity contribution in [1.29, 1.82) is 0 Å². The molecule has 2 rings (SSSR count). The summed E-state index contributed by atoms with van der Waals surface area (Å²) in [5.74, 6) is 1.51. The lowest BCUT2D eigenvalue weighted by atomic mass is 9.87. The number of hydrogen-bond donors (Lipinski definition) is 1. The molecule has 2 N–H and O–H groups in total. The number of hydrogen-bond acceptors (Lipinski definition) is 3. The highest BCUT2D eigenvalue weighted by Gasteiger charge is 2.25. The van der Waals surface area contributed by atoms with Crippen LogP contribution in [0, 0.1) is 5.92 Å². The van der Waals surface area contributed by atoms with Gasteiger partial charge in [-0.25, -0.2) is 0 Å². The van der Waals surface area contributed by atoms with Gasteiger partial charge in [-0.1, -0.05) is 31.9 Å². The van der Waals surface area contributed by atoms with E-state index < -0.39 is 0 Å². The maximum Gasteiger partial charge on any atom is 0.118 e. The molecular formula is C16H25NO2. The van der Waals surface area contributed by atoms with Crippen LogP contribution in [0.3, 0.4) is 0 Å². The van der Waals surface area contributed by atoms with Crippen molar-refractivity contribution in [3.8, 4) is 5.75 Å². The van der Waals surface area contributed by atoms with Gasteiger partial charge in [0.1, 0.15) is 5.75 Å². The van der Waals surface area contributed by atoms with Crippen LogP contribution in [-0.2, 0) is 4.74 Å². The van der Waals surface area contributed by atoms with E-state index >= 15 is 0 Å². The van der Waals surface area contributed by atoms with Crippen LogP contribution in [0.1, 0.15) is 44.3 Å². The highest BCUT2D eigenvalue weighted by Crippen LogP contribution is 2.31. The summed E-state index contributed by atoms with van der Waals surface area (Å²) in [5, 5.41) is 0. The van der Waals surface area contributed by atoms with Gasteiger partial charge >= 0.3 is 0 Å². The molecule has 1 saturated carbocycles. The zero-order valence-electron chi connectivity index (χ0n) is 12.0. The summed E-state index contributed by atoms with van der Waals surface area (Å²) in [4.78, 5) is 0. The van der Waals surface area contributed by atoms with Crippen LogP contribution >= 0.6 is 0 Å². The summed E-state index contributed by atoms with van der Waals surface area (Å²) in [5.41, 5.74) is 7.02. The van der Waals surface area contributed by atoms with Gasteiger partial charge in [0, 0.05) is 6.54 Å². The Kier molecular flexibility index (Phi) is 5.23. The minimum atomic E-state index is -0.00328. The number of methoxy groups -OCH3 is 1. The van der Waals surface area contributed by atoms with Crippen molar-refractivity contribution in [3.63, 3.8) is 0 Å². The molecule has 0 spiro atoms. The van der Waals surface area contributed by atoms with Gasteiger partial charge in [-0.3, -0.25) is 0 Å². The molecule has 1 fully saturated rings. The van der Waals surface area contributed by atoms with Crippen LogP contribution in [0.5, 0.6) is 5.75 Å². The van der Waals surface area contributed by atoms with Gasteiger partial charge in [0.15, 0.2) is 0 Å². The second-order valence-electron chi connectivity index (χ2n) is 5.43. The zero-order chi connectivity index (χ0) is 13.7. The molecule has 3 nitrogen and oxygen atoms in total. The smallest absolute Gasteiger partial charge is 0.118 e. The molecule has 1 aliphatic carbocycles. The molecule has 0 amide bonds. The Hall–Kier alpha value is -1.06. The van der Waals surface area contributed by atoms with Crippen LogP contribution in [-0.4, -0.2) is 19.8 Å². The second kappa shape index (κ2) is 6.92. The quantitative estimate of drug-likeness (QED) is 0.886. The van der Waals surface area contributed by atoms with E-state index in [2.05, 4.69) is 6.92 Å². The number of nitrogens with two attached hydrogens (primary N) is 1. The van der Waals surface area contributed by atoms with Crippen molar-refractivity contribution >= 4 is 0 Å². The van der Waals surface area contributed by atoms with Gasteiger partial charge in [0.2, 0.25) is 0 Å². The van der Waals surface area contributed by atoms with Crippen molar-refractivity contribution in [3.05, 3.63) is 29.8 Å². The third-order valence-electron chi connectivity index (χ3n) is 4.07. The van der Waals surface area contributed by atoms with Gasteiger partial charge in [-0.15, -0.1) is 0 Å². The average molecular weight is 263 g/mol. The molecule has 0 aromatic heterocycles. The molecule has 0 bridgehead atoms. The van der Waals surface area contributed by atoms with Crippen molar-refractivity contribution in [2.24, 2.45) is 11.7 Å². The summed E-state index contributed by atoms with van der Waals surface area (Å²) in [6.07, 6.45) is 5.38. The number of rotatable bonds is 5. The maximum atomic E-state index is 6.25. The van der Waals surface area contributed by atoms with Crippen LogP contribution in [0.25, 0.3) is 0 Å². The number of ether oxygens (including phenoxy) is 2. The Morgan fingerprint density at radius 1 is 1.21 bits per heavy atom. The standard InChI is InChI=1S/C16H25NO2/c1-12-5-3-4-6-15(12)19-16(11-17)13-7-9-14(18-2)10-8-13/h7-10,12,15-16H,3-6,11,17H2,1-2H3. The van der Waals surface area contributed by atoms with Gasteiger partial charge in [-0.2, -0.15) is 0 Å². The van der Waals surface area contributed by atoms with Crippen molar-refractivity contribution in [2.45, 2.75) is 44.8 Å². The lowest BCUT2D eigenvalue weighted by molar-refractivity contribution is -0.0533. The molecule has 3 heteroatoms. The predicted octanol–water partition coefficient (Wildman–Crippen LogP) is 3.29. The van der Waals surface area contributed by atoms with E-state index in [-0.39, 0.29) is 6.10 Å². The molecule has 0 saturated heterocycles. The Balaban J connectivity index is 2.01. The normalized spacial score (nSPS) is 25.0. The third kappa shape index (κ3) is 3.71. The summed E-state index contributed by atoms with van der Waals surface area (Å²) in [7, 11) is 1.68. The molecule has 19 heavy (non-hydrogen) atoms. The maximum absolute atomic E-state index is 6.25. The summed E-state index contributed by atoms with van der Waals surface area (Å²) in [6.45, 7) is 2.81. The molecule has 0 heterocycles. The molecule has 3 atom stereocenters. The molecule has 1 aromatic rings. The molecule has 1 aliphatic rings. The minimum Gasteiger partial charge on any atom is -0.497 e. The fraction of sp³-hybridized carbons (Fsp3) is 0.625. The van der Waals surface area contributed by atoms with Gasteiger partial charge < -0.3 is 15.2 Å². The van der Waals surface area contributed by atoms with E-state index in [9.17, 15) is 0 Å². The van der Waals surface area contributed by atoms with E-state index in [0.29, 0.717) is 18.6 Å². The van der Waals surface area contributed by atoms with Gasteiger partial charge in [0.05, 0.1) is 19.3 Å². The average Bonchev–Trinajstić information content (AvgIpc) is 2.47. The first-order valence-corrected chi connectivity index (χ1v) is 7.24. The number of benzene rings is 1. The lowest BCUT2D eigenvalue weighted by Crippen LogP contribution is -2.30. The topological polar surface area (TPSA) is 44.5 Å². The van der Waals surface area contributed by atoms with Crippen LogP contribution in [0.4, 0.5) is 0 Å². The van der Waals surface area contributed by atoms with Crippen LogP contribution in [0.2, 0.25) is 0 Å². The zero-order valence-corrected chi connectivity index (χ0v) is 12.0. The fourth-order valence-corrected chi connectivity index (χ4v) is 2.78. The lowest BCUT2D eigenvalue weighted by Gasteiger charge is -2.32. The Morgan fingerprint density at radius 2 is 1.89 bits per heavy atom. The van der Waals surface area contributed by atoms with Crippen LogP contribution < -0.4 is 10.5 Å². The third-order valence-corrected chi connectivity index (χ3v) is 4.07. The van der Waals surface area contributed by atoms with E-state index in [1.165, 1.54) is 19.3 Å². The fourth-order valence-electron chi connectivity index (χ4n) is 2.78. The largest absolute Gasteiger partial charge is 0.497 e. The van der Waals surface area contributed by atoms with Crippen molar-refractivity contribution < 1.29 is 9.47 Å². The first kappa shape index (κ1) is 14.4. The SMILES string of the molecule is COc1ccc(C(CN)OC2CCCCC2C)cc1. The summed E-state index contributed by atoms with van der Waals surface area (Å²) < 4.78 is 11.4. The van der Waals surface area contributed by atoms with E-state index in [4.69, 9.17) is 15.2 Å². The summed E-state index contributed by atoms with van der Waals surface area (Å²) in [6, 6.07) is 8.02. The molecule has 3 unspecified atom stereocenters. The van der Waals surface area contributed by atoms with E-state index in [0.717, 1.165) is 17.7 Å². The second-order valence-corrected chi connectivity index (χ2v) is 5.43. The van der Waals surface area contributed by atoms with Crippen molar-refractivity contribution in [1.82, 2.24) is 0 Å². The minimum absolute atomic E-state index is 0.00328. The monoisotopic (exact) mass is 263 g/mol. The van der Waals surface area contributed by atoms with E-state index in [1.54, 1.807) is 7.11 Å². The first-order valence-electron chi connectivity index (χ1n) is 7.24. The Bertz CT molecular complexity index is 377. The first-order chi connectivity index (χ1) is 9.24. The van der Waals surface area contributed by atoms with Crippen LogP contribution in [0.15, 0.2) is 24.3 Å². The molecule has 1 aromatic carbocycles. The highest BCUT2D eigenvalue weighted by atomic mass is 16.5. The molecular weight excluding hydrogens is 238 g/mol. The molecule has 0 radical (unpaired) electrons.